The molecule has 1 atom stereocenters. The number of likely N-dealkylation sites (tertiary alicyclic amines) is 1. The van der Waals surface area contributed by atoms with Crippen molar-refractivity contribution in [2.45, 2.75) is 38.1 Å². The molecule has 3 rings (SSSR count). The topological polar surface area (TPSA) is 61.4 Å². The Bertz CT molecular complexity index is 518. The van der Waals surface area contributed by atoms with E-state index >= 15 is 0 Å². The van der Waals surface area contributed by atoms with Gasteiger partial charge in [-0.3, -0.25) is 9.59 Å². The number of carbonyl (C=O) groups excluding carboxylic acids is 2. The molecule has 2 aliphatic heterocycles. The summed E-state index contributed by atoms with van der Waals surface area (Å²) in [4.78, 5) is 26.3. The van der Waals surface area contributed by atoms with Crippen LogP contribution < -0.4 is 10.6 Å². The Kier molecular flexibility index (Phi) is 5.67. The third kappa shape index (κ3) is 4.54. The van der Waals surface area contributed by atoms with Crippen molar-refractivity contribution in [2.75, 3.05) is 26.2 Å². The second-order valence-corrected chi connectivity index (χ2v) is 7.32. The molecule has 23 heavy (non-hydrogen) atoms. The SMILES string of the molecule is O=C(NC1CCN(C(=O)CCC2CCNC2)CC1)c1ccsc1. The van der Waals surface area contributed by atoms with Gasteiger partial charge in [0.2, 0.25) is 5.91 Å². The Balaban J connectivity index is 1.37. The highest BCUT2D eigenvalue weighted by molar-refractivity contribution is 7.08. The van der Waals surface area contributed by atoms with Crippen LogP contribution in [0, 0.1) is 5.92 Å². The number of thiophene rings is 1. The van der Waals surface area contributed by atoms with Gasteiger partial charge in [-0.2, -0.15) is 11.3 Å². The molecule has 0 radical (unpaired) electrons. The molecular formula is C17H25N3O2S. The van der Waals surface area contributed by atoms with Crippen LogP contribution in [-0.2, 0) is 4.79 Å². The van der Waals surface area contributed by atoms with E-state index in [1.54, 1.807) is 0 Å². The third-order valence-electron chi connectivity index (χ3n) is 4.90. The lowest BCUT2D eigenvalue weighted by atomic mass is 10.0. The van der Waals surface area contributed by atoms with Gasteiger partial charge in [0.05, 0.1) is 0 Å². The maximum atomic E-state index is 12.3. The third-order valence-corrected chi connectivity index (χ3v) is 5.58. The van der Waals surface area contributed by atoms with E-state index in [0.29, 0.717) is 12.3 Å². The van der Waals surface area contributed by atoms with Gasteiger partial charge in [0.15, 0.2) is 0 Å². The van der Waals surface area contributed by atoms with E-state index < -0.39 is 0 Å². The molecule has 2 amide bonds. The van der Waals surface area contributed by atoms with Crippen molar-refractivity contribution in [3.63, 3.8) is 0 Å². The molecule has 2 aliphatic rings. The van der Waals surface area contributed by atoms with Crippen LogP contribution in [0.4, 0.5) is 0 Å². The van der Waals surface area contributed by atoms with E-state index in [2.05, 4.69) is 10.6 Å². The first-order valence-corrected chi connectivity index (χ1v) is 9.48. The molecule has 1 unspecified atom stereocenters. The molecule has 0 aliphatic carbocycles. The molecule has 126 valence electrons. The van der Waals surface area contributed by atoms with Crippen LogP contribution in [0.3, 0.4) is 0 Å². The van der Waals surface area contributed by atoms with E-state index in [-0.39, 0.29) is 17.9 Å². The van der Waals surface area contributed by atoms with Crippen LogP contribution in [-0.4, -0.2) is 48.9 Å². The number of hydrogen-bond donors (Lipinski definition) is 2. The summed E-state index contributed by atoms with van der Waals surface area (Å²) in [5, 5.41) is 10.2. The van der Waals surface area contributed by atoms with Crippen molar-refractivity contribution < 1.29 is 9.59 Å². The normalized spacial score (nSPS) is 22.3. The smallest absolute Gasteiger partial charge is 0.252 e. The van der Waals surface area contributed by atoms with Crippen molar-refractivity contribution in [1.82, 2.24) is 15.5 Å². The molecule has 0 saturated carbocycles. The Morgan fingerprint density at radius 2 is 2.13 bits per heavy atom. The van der Waals surface area contributed by atoms with Gasteiger partial charge >= 0.3 is 0 Å². The molecule has 2 N–H and O–H groups in total. The van der Waals surface area contributed by atoms with Gasteiger partial charge in [-0.05, 0) is 56.1 Å². The minimum absolute atomic E-state index is 0.00441. The number of amides is 2. The minimum atomic E-state index is 0.00441. The lowest BCUT2D eigenvalue weighted by Gasteiger charge is -2.32. The van der Waals surface area contributed by atoms with Crippen molar-refractivity contribution in [1.29, 1.82) is 0 Å². The van der Waals surface area contributed by atoms with E-state index in [1.165, 1.54) is 17.8 Å². The first kappa shape index (κ1) is 16.5. The van der Waals surface area contributed by atoms with Crippen molar-refractivity contribution in [2.24, 2.45) is 5.92 Å². The summed E-state index contributed by atoms with van der Waals surface area (Å²) in [6, 6.07) is 2.03. The molecule has 3 heterocycles. The molecule has 0 bridgehead atoms. The van der Waals surface area contributed by atoms with Crippen LogP contribution in [0.5, 0.6) is 0 Å². The number of nitrogens with one attached hydrogen (secondary N) is 2. The molecule has 2 saturated heterocycles. The zero-order valence-electron chi connectivity index (χ0n) is 13.4. The van der Waals surface area contributed by atoms with E-state index in [4.69, 9.17) is 0 Å². The highest BCUT2D eigenvalue weighted by Crippen LogP contribution is 2.18. The first-order valence-electron chi connectivity index (χ1n) is 8.54. The number of piperidine rings is 1. The predicted molar refractivity (Wildman–Crippen MR) is 91.6 cm³/mol. The lowest BCUT2D eigenvalue weighted by Crippen LogP contribution is -2.46. The van der Waals surface area contributed by atoms with E-state index in [9.17, 15) is 9.59 Å². The summed E-state index contributed by atoms with van der Waals surface area (Å²) in [6.07, 6.45) is 4.57. The lowest BCUT2D eigenvalue weighted by molar-refractivity contribution is -0.132. The van der Waals surface area contributed by atoms with E-state index in [1.807, 2.05) is 21.7 Å². The Morgan fingerprint density at radius 3 is 2.78 bits per heavy atom. The van der Waals surface area contributed by atoms with Gasteiger partial charge in [0, 0.05) is 36.5 Å². The summed E-state index contributed by atoms with van der Waals surface area (Å²) < 4.78 is 0. The Labute approximate surface area is 141 Å². The molecule has 1 aromatic heterocycles. The largest absolute Gasteiger partial charge is 0.349 e. The highest BCUT2D eigenvalue weighted by atomic mass is 32.1. The van der Waals surface area contributed by atoms with Crippen LogP contribution in [0.1, 0.15) is 42.5 Å². The van der Waals surface area contributed by atoms with Gasteiger partial charge in [0.1, 0.15) is 0 Å². The summed E-state index contributed by atoms with van der Waals surface area (Å²) in [7, 11) is 0. The average molecular weight is 335 g/mol. The summed E-state index contributed by atoms with van der Waals surface area (Å²) in [6.45, 7) is 3.67. The van der Waals surface area contributed by atoms with Crippen molar-refractivity contribution in [3.05, 3.63) is 22.4 Å². The number of hydrogen-bond acceptors (Lipinski definition) is 4. The van der Waals surface area contributed by atoms with Crippen molar-refractivity contribution in [3.8, 4) is 0 Å². The zero-order chi connectivity index (χ0) is 16.1. The molecule has 6 heteroatoms. The van der Waals surface area contributed by atoms with Crippen molar-refractivity contribution >= 4 is 23.2 Å². The predicted octanol–water partition coefficient (Wildman–Crippen LogP) is 1.86. The highest BCUT2D eigenvalue weighted by Gasteiger charge is 2.25. The maximum absolute atomic E-state index is 12.3. The fourth-order valence-corrected chi connectivity index (χ4v) is 4.02. The monoisotopic (exact) mass is 335 g/mol. The first-order chi connectivity index (χ1) is 11.2. The van der Waals surface area contributed by atoms with Gasteiger partial charge < -0.3 is 15.5 Å². The fourth-order valence-electron chi connectivity index (χ4n) is 3.38. The molecule has 0 spiro atoms. The second-order valence-electron chi connectivity index (χ2n) is 6.54. The molecular weight excluding hydrogens is 310 g/mol. The maximum Gasteiger partial charge on any atom is 0.252 e. The second kappa shape index (κ2) is 7.93. The van der Waals surface area contributed by atoms with Gasteiger partial charge in [0.25, 0.3) is 5.91 Å². The van der Waals surface area contributed by atoms with Gasteiger partial charge in [-0.25, -0.2) is 0 Å². The molecule has 5 nitrogen and oxygen atoms in total. The Hall–Kier alpha value is -1.40. The summed E-state index contributed by atoms with van der Waals surface area (Å²) in [5.41, 5.74) is 0.735. The van der Waals surface area contributed by atoms with Crippen LogP contribution in [0.2, 0.25) is 0 Å². The number of rotatable bonds is 5. The zero-order valence-corrected chi connectivity index (χ0v) is 14.2. The van der Waals surface area contributed by atoms with Gasteiger partial charge in [-0.15, -0.1) is 0 Å². The van der Waals surface area contributed by atoms with Crippen LogP contribution >= 0.6 is 11.3 Å². The summed E-state index contributed by atoms with van der Waals surface area (Å²) in [5.74, 6) is 0.950. The minimum Gasteiger partial charge on any atom is -0.349 e. The van der Waals surface area contributed by atoms with E-state index in [0.717, 1.165) is 51.0 Å². The molecule has 2 fully saturated rings. The van der Waals surface area contributed by atoms with Crippen LogP contribution in [0.15, 0.2) is 16.8 Å². The number of carbonyl (C=O) groups is 2. The molecule has 1 aromatic rings. The molecule has 0 aromatic carbocycles. The standard InChI is InChI=1S/C17H25N3O2S/c21-16(2-1-13-3-7-18-11-13)20-8-4-15(5-9-20)19-17(22)14-6-10-23-12-14/h6,10,12-13,15,18H,1-5,7-9,11H2,(H,19,22). The average Bonchev–Trinajstić information content (AvgIpc) is 3.26. The Morgan fingerprint density at radius 1 is 1.30 bits per heavy atom. The quantitative estimate of drug-likeness (QED) is 0.863. The fraction of sp³-hybridized carbons (Fsp3) is 0.647. The summed E-state index contributed by atoms with van der Waals surface area (Å²) >= 11 is 1.53. The van der Waals surface area contributed by atoms with Gasteiger partial charge in [-0.1, -0.05) is 0 Å². The van der Waals surface area contributed by atoms with Crippen LogP contribution in [0.25, 0.3) is 0 Å². The number of nitrogens with zero attached hydrogens (tertiary/aromatic N) is 1.